The van der Waals surface area contributed by atoms with E-state index in [0.29, 0.717) is 6.54 Å². The fourth-order valence-electron chi connectivity index (χ4n) is 2.14. The van der Waals surface area contributed by atoms with E-state index >= 15 is 0 Å². The van der Waals surface area contributed by atoms with Gasteiger partial charge in [-0.1, -0.05) is 12.8 Å². The summed E-state index contributed by atoms with van der Waals surface area (Å²) in [6.07, 6.45) is 7.25. The van der Waals surface area contributed by atoms with Crippen molar-refractivity contribution >= 4 is 5.91 Å². The maximum Gasteiger partial charge on any atom is 0.240 e. The Bertz CT molecular complexity index is 379. The molecule has 0 spiro atoms. The summed E-state index contributed by atoms with van der Waals surface area (Å²) < 4.78 is 1.89. The van der Waals surface area contributed by atoms with Crippen LogP contribution in [0.2, 0.25) is 0 Å². The third kappa shape index (κ3) is 2.09. The zero-order valence-corrected chi connectivity index (χ0v) is 9.57. The summed E-state index contributed by atoms with van der Waals surface area (Å²) >= 11 is 0. The molecule has 1 heterocycles. The smallest absolute Gasteiger partial charge is 0.240 e. The van der Waals surface area contributed by atoms with Crippen molar-refractivity contribution in [1.82, 2.24) is 14.9 Å². The molecule has 0 bridgehead atoms. The number of carbonyl (C=O) groups excluding carboxylic acids is 1. The van der Waals surface area contributed by atoms with Crippen LogP contribution in [0, 0.1) is 0 Å². The number of imidazole rings is 1. The van der Waals surface area contributed by atoms with E-state index in [1.165, 1.54) is 0 Å². The van der Waals surface area contributed by atoms with Crippen LogP contribution >= 0.6 is 0 Å². The second kappa shape index (κ2) is 4.25. The molecule has 5 nitrogen and oxygen atoms in total. The Morgan fingerprint density at radius 3 is 2.88 bits per heavy atom. The molecule has 0 radical (unpaired) electrons. The first-order valence-electron chi connectivity index (χ1n) is 5.65. The molecular weight excluding hydrogens is 204 g/mol. The van der Waals surface area contributed by atoms with Gasteiger partial charge < -0.3 is 15.6 Å². The van der Waals surface area contributed by atoms with Gasteiger partial charge in [0.2, 0.25) is 5.91 Å². The van der Waals surface area contributed by atoms with Crippen molar-refractivity contribution in [3.8, 4) is 0 Å². The van der Waals surface area contributed by atoms with Crippen molar-refractivity contribution in [1.29, 1.82) is 0 Å². The van der Waals surface area contributed by atoms with Crippen molar-refractivity contribution in [3.05, 3.63) is 18.2 Å². The maximum atomic E-state index is 11.9. The average Bonchev–Trinajstić information content (AvgIpc) is 2.85. The molecule has 0 aliphatic heterocycles. The number of rotatable bonds is 3. The Hall–Kier alpha value is -1.36. The minimum absolute atomic E-state index is 0.0481. The van der Waals surface area contributed by atoms with Crippen LogP contribution in [0.3, 0.4) is 0 Å². The SMILES string of the molecule is Cn1ccnc1CNC(=O)C1(N)CCCC1. The van der Waals surface area contributed by atoms with Gasteiger partial charge in [0, 0.05) is 19.4 Å². The molecule has 3 N–H and O–H groups in total. The van der Waals surface area contributed by atoms with Crippen molar-refractivity contribution in [3.63, 3.8) is 0 Å². The number of carbonyl (C=O) groups is 1. The number of nitrogens with one attached hydrogen (secondary N) is 1. The van der Waals surface area contributed by atoms with Crippen molar-refractivity contribution < 1.29 is 4.79 Å². The van der Waals surface area contributed by atoms with Gasteiger partial charge in [0.15, 0.2) is 0 Å². The molecule has 0 atom stereocenters. The van der Waals surface area contributed by atoms with Gasteiger partial charge >= 0.3 is 0 Å². The van der Waals surface area contributed by atoms with Crippen LogP contribution in [0.25, 0.3) is 0 Å². The second-order valence-electron chi connectivity index (χ2n) is 4.50. The topological polar surface area (TPSA) is 72.9 Å². The van der Waals surface area contributed by atoms with E-state index in [1.807, 2.05) is 17.8 Å². The van der Waals surface area contributed by atoms with Gasteiger partial charge in [-0.05, 0) is 12.8 Å². The van der Waals surface area contributed by atoms with Crippen LogP contribution in [-0.4, -0.2) is 21.0 Å². The Labute approximate surface area is 95.0 Å². The summed E-state index contributed by atoms with van der Waals surface area (Å²) in [7, 11) is 1.91. The lowest BCUT2D eigenvalue weighted by Crippen LogP contribution is -2.51. The minimum Gasteiger partial charge on any atom is -0.347 e. The van der Waals surface area contributed by atoms with Gasteiger partial charge in [-0.15, -0.1) is 0 Å². The quantitative estimate of drug-likeness (QED) is 0.773. The highest BCUT2D eigenvalue weighted by molar-refractivity contribution is 5.86. The van der Waals surface area contributed by atoms with Crippen molar-refractivity contribution in [2.75, 3.05) is 0 Å². The molecule has 0 saturated heterocycles. The highest BCUT2D eigenvalue weighted by Gasteiger charge is 2.36. The molecule has 1 aliphatic carbocycles. The number of hydrogen-bond acceptors (Lipinski definition) is 3. The van der Waals surface area contributed by atoms with Gasteiger partial charge in [0.05, 0.1) is 12.1 Å². The maximum absolute atomic E-state index is 11.9. The molecule has 1 aromatic heterocycles. The molecule has 88 valence electrons. The van der Waals surface area contributed by atoms with Gasteiger partial charge in [-0.2, -0.15) is 0 Å². The highest BCUT2D eigenvalue weighted by Crippen LogP contribution is 2.27. The zero-order chi connectivity index (χ0) is 11.6. The molecule has 2 rings (SSSR count). The van der Waals surface area contributed by atoms with E-state index in [0.717, 1.165) is 31.5 Å². The fourth-order valence-corrected chi connectivity index (χ4v) is 2.14. The lowest BCUT2D eigenvalue weighted by Gasteiger charge is -2.22. The van der Waals surface area contributed by atoms with Crippen LogP contribution < -0.4 is 11.1 Å². The Balaban J connectivity index is 1.91. The average molecular weight is 222 g/mol. The van der Waals surface area contributed by atoms with Crippen LogP contribution in [0.5, 0.6) is 0 Å². The summed E-state index contributed by atoms with van der Waals surface area (Å²) in [5, 5.41) is 2.86. The lowest BCUT2D eigenvalue weighted by molar-refractivity contribution is -0.126. The molecule has 1 aliphatic rings. The minimum atomic E-state index is -0.648. The van der Waals surface area contributed by atoms with Crippen LogP contribution in [-0.2, 0) is 18.4 Å². The summed E-state index contributed by atoms with van der Waals surface area (Å²) in [5.74, 6) is 0.794. The van der Waals surface area contributed by atoms with Gasteiger partial charge in [0.1, 0.15) is 5.82 Å². The molecule has 1 saturated carbocycles. The monoisotopic (exact) mass is 222 g/mol. The van der Waals surface area contributed by atoms with E-state index in [4.69, 9.17) is 5.73 Å². The van der Waals surface area contributed by atoms with Crippen molar-refractivity contribution in [2.24, 2.45) is 12.8 Å². The molecule has 1 amide bonds. The number of nitrogens with zero attached hydrogens (tertiary/aromatic N) is 2. The summed E-state index contributed by atoms with van der Waals surface area (Å²) in [6, 6.07) is 0. The summed E-state index contributed by atoms with van der Waals surface area (Å²) in [4.78, 5) is 16.0. The third-order valence-corrected chi connectivity index (χ3v) is 3.28. The van der Waals surface area contributed by atoms with Crippen LogP contribution in [0.15, 0.2) is 12.4 Å². The van der Waals surface area contributed by atoms with E-state index in [-0.39, 0.29) is 5.91 Å². The predicted molar refractivity (Wildman–Crippen MR) is 60.4 cm³/mol. The molecule has 1 aromatic rings. The largest absolute Gasteiger partial charge is 0.347 e. The lowest BCUT2D eigenvalue weighted by atomic mass is 9.98. The van der Waals surface area contributed by atoms with Crippen molar-refractivity contribution in [2.45, 2.75) is 37.8 Å². The molecule has 16 heavy (non-hydrogen) atoms. The van der Waals surface area contributed by atoms with E-state index in [9.17, 15) is 4.79 Å². The van der Waals surface area contributed by atoms with E-state index in [1.54, 1.807) is 6.20 Å². The number of nitrogens with two attached hydrogens (primary N) is 1. The normalized spacial score (nSPS) is 18.6. The molecule has 0 aromatic carbocycles. The standard InChI is InChI=1S/C11H18N4O/c1-15-7-6-13-9(15)8-14-10(16)11(12)4-2-3-5-11/h6-7H,2-5,8,12H2,1H3,(H,14,16). The first-order chi connectivity index (χ1) is 7.62. The number of aromatic nitrogens is 2. The number of hydrogen-bond donors (Lipinski definition) is 2. The molecule has 5 heteroatoms. The highest BCUT2D eigenvalue weighted by atomic mass is 16.2. The first kappa shape index (κ1) is 11.1. The summed E-state index contributed by atoms with van der Waals surface area (Å²) in [5.41, 5.74) is 5.39. The molecular formula is C11H18N4O. The van der Waals surface area contributed by atoms with Gasteiger partial charge in [-0.25, -0.2) is 4.98 Å². The second-order valence-corrected chi connectivity index (χ2v) is 4.50. The predicted octanol–water partition coefficient (Wildman–Crippen LogP) is 0.308. The molecule has 0 unspecified atom stereocenters. The number of amides is 1. The first-order valence-corrected chi connectivity index (χ1v) is 5.65. The summed E-state index contributed by atoms with van der Waals surface area (Å²) in [6.45, 7) is 0.446. The Morgan fingerprint density at radius 2 is 2.31 bits per heavy atom. The van der Waals surface area contributed by atoms with Crippen LogP contribution in [0.4, 0.5) is 0 Å². The van der Waals surface area contributed by atoms with Gasteiger partial charge in [-0.3, -0.25) is 4.79 Å². The number of aryl methyl sites for hydroxylation is 1. The van der Waals surface area contributed by atoms with Crippen LogP contribution in [0.1, 0.15) is 31.5 Å². The zero-order valence-electron chi connectivity index (χ0n) is 9.57. The van der Waals surface area contributed by atoms with E-state index < -0.39 is 5.54 Å². The molecule has 1 fully saturated rings. The van der Waals surface area contributed by atoms with E-state index in [2.05, 4.69) is 10.3 Å². The van der Waals surface area contributed by atoms with Gasteiger partial charge in [0.25, 0.3) is 0 Å². The Morgan fingerprint density at radius 1 is 1.62 bits per heavy atom. The third-order valence-electron chi connectivity index (χ3n) is 3.28. The Kier molecular flexibility index (Phi) is 2.96. The fraction of sp³-hybridized carbons (Fsp3) is 0.636.